The van der Waals surface area contributed by atoms with Gasteiger partial charge in [0, 0.05) is 30.3 Å². The molecule has 0 unspecified atom stereocenters. The second-order valence-corrected chi connectivity index (χ2v) is 8.16. The molecule has 0 radical (unpaired) electrons. The second-order valence-electron chi connectivity index (χ2n) is 8.16. The van der Waals surface area contributed by atoms with E-state index in [1.54, 1.807) is 0 Å². The topological polar surface area (TPSA) is 58.1 Å². The van der Waals surface area contributed by atoms with Gasteiger partial charge in [-0.15, -0.1) is 10.2 Å². The lowest BCUT2D eigenvalue weighted by Gasteiger charge is -2.32. The Morgan fingerprint density at radius 2 is 1.70 bits per heavy atom. The summed E-state index contributed by atoms with van der Waals surface area (Å²) in [6.45, 7) is 7.79. The number of rotatable bonds is 4. The third-order valence-corrected chi connectivity index (χ3v) is 5.90. The van der Waals surface area contributed by atoms with Gasteiger partial charge in [-0.3, -0.25) is 4.79 Å². The van der Waals surface area contributed by atoms with E-state index in [4.69, 9.17) is 0 Å². The minimum absolute atomic E-state index is 0.0288. The van der Waals surface area contributed by atoms with E-state index in [9.17, 15) is 4.79 Å². The summed E-state index contributed by atoms with van der Waals surface area (Å²) in [5.74, 6) is 1.02. The molecule has 1 N–H and O–H groups in total. The van der Waals surface area contributed by atoms with E-state index in [1.165, 1.54) is 11.1 Å². The predicted octanol–water partition coefficient (Wildman–Crippen LogP) is 4.92. The van der Waals surface area contributed by atoms with E-state index >= 15 is 0 Å². The summed E-state index contributed by atoms with van der Waals surface area (Å²) >= 11 is 0. The van der Waals surface area contributed by atoms with Gasteiger partial charge in [0.2, 0.25) is 5.91 Å². The Kier molecular flexibility index (Phi) is 5.79. The first kappa shape index (κ1) is 20.1. The summed E-state index contributed by atoms with van der Waals surface area (Å²) in [4.78, 5) is 14.9. The Morgan fingerprint density at radius 3 is 2.37 bits per heavy atom. The molecular weight excluding hydrogens is 372 g/mol. The smallest absolute Gasteiger partial charge is 0.227 e. The highest BCUT2D eigenvalue weighted by atomic mass is 16.1. The van der Waals surface area contributed by atoms with Crippen LogP contribution in [0.5, 0.6) is 0 Å². The van der Waals surface area contributed by atoms with Crippen LogP contribution in [0.2, 0.25) is 0 Å². The SMILES string of the molecule is Cc1ccc(NC(=O)C2CCN(c3ccc(-c4ccccc4C)nn3)CC2)c(C)c1. The van der Waals surface area contributed by atoms with Crippen LogP contribution in [0, 0.1) is 26.7 Å². The number of hydrogen-bond donors (Lipinski definition) is 1. The zero-order chi connectivity index (χ0) is 21.1. The molecule has 1 amide bonds. The Hall–Kier alpha value is -3.21. The standard InChI is InChI=1S/C25H28N4O/c1-17-8-9-22(19(3)16-17)26-25(30)20-12-14-29(15-13-20)24-11-10-23(27-28-24)21-7-5-4-6-18(21)2/h4-11,16,20H,12-15H2,1-3H3,(H,26,30). The summed E-state index contributed by atoms with van der Waals surface area (Å²) in [5, 5.41) is 12.0. The normalized spacial score (nSPS) is 14.6. The van der Waals surface area contributed by atoms with Gasteiger partial charge in [0.15, 0.2) is 5.82 Å². The number of amides is 1. The van der Waals surface area contributed by atoms with Crippen molar-refractivity contribution in [3.63, 3.8) is 0 Å². The van der Waals surface area contributed by atoms with Gasteiger partial charge in [-0.2, -0.15) is 0 Å². The number of aromatic nitrogens is 2. The number of carbonyl (C=O) groups excluding carboxylic acids is 1. The molecule has 5 heteroatoms. The molecule has 4 rings (SSSR count). The molecule has 154 valence electrons. The van der Waals surface area contributed by atoms with Gasteiger partial charge in [-0.1, -0.05) is 42.0 Å². The summed E-state index contributed by atoms with van der Waals surface area (Å²) in [7, 11) is 0. The Balaban J connectivity index is 1.36. The van der Waals surface area contributed by atoms with Gasteiger partial charge in [0.05, 0.1) is 5.69 Å². The predicted molar refractivity (Wildman–Crippen MR) is 122 cm³/mol. The summed E-state index contributed by atoms with van der Waals surface area (Å²) in [6.07, 6.45) is 1.63. The highest BCUT2D eigenvalue weighted by Crippen LogP contribution is 2.26. The Labute approximate surface area is 178 Å². The zero-order valence-electron chi connectivity index (χ0n) is 17.9. The van der Waals surface area contributed by atoms with E-state index < -0.39 is 0 Å². The van der Waals surface area contributed by atoms with Crippen molar-refractivity contribution in [2.45, 2.75) is 33.6 Å². The van der Waals surface area contributed by atoms with Gasteiger partial charge in [0.25, 0.3) is 0 Å². The van der Waals surface area contributed by atoms with E-state index in [0.29, 0.717) is 0 Å². The van der Waals surface area contributed by atoms with Crippen molar-refractivity contribution in [1.29, 1.82) is 0 Å². The van der Waals surface area contributed by atoms with E-state index in [-0.39, 0.29) is 11.8 Å². The average molecular weight is 401 g/mol. The molecule has 2 heterocycles. The van der Waals surface area contributed by atoms with E-state index in [0.717, 1.165) is 54.3 Å². The molecule has 0 saturated carbocycles. The molecule has 1 aliphatic heterocycles. The third kappa shape index (κ3) is 4.35. The van der Waals surface area contributed by atoms with Crippen molar-refractivity contribution >= 4 is 17.4 Å². The lowest BCUT2D eigenvalue weighted by molar-refractivity contribution is -0.120. The molecule has 2 aromatic carbocycles. The number of aryl methyl sites for hydroxylation is 3. The monoisotopic (exact) mass is 400 g/mol. The van der Waals surface area contributed by atoms with E-state index in [1.807, 2.05) is 43.3 Å². The van der Waals surface area contributed by atoms with Crippen LogP contribution >= 0.6 is 0 Å². The van der Waals surface area contributed by atoms with Crippen LogP contribution in [-0.4, -0.2) is 29.2 Å². The maximum absolute atomic E-state index is 12.7. The summed E-state index contributed by atoms with van der Waals surface area (Å²) in [6, 6.07) is 18.4. The lowest BCUT2D eigenvalue weighted by atomic mass is 9.95. The fraction of sp³-hybridized carbons (Fsp3) is 0.320. The molecule has 0 aliphatic carbocycles. The first-order valence-corrected chi connectivity index (χ1v) is 10.5. The number of hydrogen-bond acceptors (Lipinski definition) is 4. The molecule has 1 saturated heterocycles. The molecule has 0 bridgehead atoms. The quantitative estimate of drug-likeness (QED) is 0.675. The zero-order valence-corrected chi connectivity index (χ0v) is 17.9. The Bertz CT molecular complexity index is 1040. The van der Waals surface area contributed by atoms with Gasteiger partial charge in [-0.05, 0) is 62.9 Å². The van der Waals surface area contributed by atoms with Crippen LogP contribution in [0.3, 0.4) is 0 Å². The molecule has 1 aromatic heterocycles. The lowest BCUT2D eigenvalue weighted by Crippen LogP contribution is -2.38. The van der Waals surface area contributed by atoms with Gasteiger partial charge >= 0.3 is 0 Å². The molecule has 1 aliphatic rings. The van der Waals surface area contributed by atoms with Crippen molar-refractivity contribution in [1.82, 2.24) is 10.2 Å². The van der Waals surface area contributed by atoms with Crippen LogP contribution in [0.25, 0.3) is 11.3 Å². The van der Waals surface area contributed by atoms with Gasteiger partial charge in [0.1, 0.15) is 0 Å². The van der Waals surface area contributed by atoms with Crippen LogP contribution in [0.15, 0.2) is 54.6 Å². The molecule has 1 fully saturated rings. The fourth-order valence-corrected chi connectivity index (χ4v) is 4.06. The third-order valence-electron chi connectivity index (χ3n) is 5.90. The number of carbonyl (C=O) groups is 1. The van der Waals surface area contributed by atoms with Gasteiger partial charge in [-0.25, -0.2) is 0 Å². The maximum Gasteiger partial charge on any atom is 0.227 e. The van der Waals surface area contributed by atoms with Crippen molar-refractivity contribution in [2.24, 2.45) is 5.92 Å². The van der Waals surface area contributed by atoms with Crippen LogP contribution in [-0.2, 0) is 4.79 Å². The van der Waals surface area contributed by atoms with Gasteiger partial charge < -0.3 is 10.2 Å². The van der Waals surface area contributed by atoms with Crippen LogP contribution in [0.1, 0.15) is 29.5 Å². The van der Waals surface area contributed by atoms with Crippen molar-refractivity contribution < 1.29 is 4.79 Å². The molecule has 0 atom stereocenters. The van der Waals surface area contributed by atoms with Crippen LogP contribution in [0.4, 0.5) is 11.5 Å². The van der Waals surface area contributed by atoms with Crippen molar-refractivity contribution in [3.05, 3.63) is 71.3 Å². The fourth-order valence-electron chi connectivity index (χ4n) is 4.06. The first-order chi connectivity index (χ1) is 14.5. The first-order valence-electron chi connectivity index (χ1n) is 10.5. The highest BCUT2D eigenvalue weighted by Gasteiger charge is 2.26. The van der Waals surface area contributed by atoms with Crippen LogP contribution < -0.4 is 10.2 Å². The number of piperidine rings is 1. The van der Waals surface area contributed by atoms with Crippen molar-refractivity contribution in [3.8, 4) is 11.3 Å². The summed E-state index contributed by atoms with van der Waals surface area (Å²) in [5.41, 5.74) is 6.40. The average Bonchev–Trinajstić information content (AvgIpc) is 2.76. The Morgan fingerprint density at radius 1 is 0.933 bits per heavy atom. The number of anilines is 2. The summed E-state index contributed by atoms with van der Waals surface area (Å²) < 4.78 is 0. The minimum Gasteiger partial charge on any atom is -0.355 e. The van der Waals surface area contributed by atoms with E-state index in [2.05, 4.69) is 52.5 Å². The molecule has 30 heavy (non-hydrogen) atoms. The number of nitrogens with zero attached hydrogens (tertiary/aromatic N) is 3. The maximum atomic E-state index is 12.7. The highest BCUT2D eigenvalue weighted by molar-refractivity contribution is 5.93. The second kappa shape index (κ2) is 8.66. The molecule has 3 aromatic rings. The minimum atomic E-state index is 0.0288. The molecule has 0 spiro atoms. The number of nitrogens with one attached hydrogen (secondary N) is 1. The molecule has 5 nitrogen and oxygen atoms in total. The number of benzene rings is 2. The largest absolute Gasteiger partial charge is 0.355 e. The van der Waals surface area contributed by atoms with Crippen molar-refractivity contribution in [2.75, 3.05) is 23.3 Å². The molecular formula is C25H28N4O.